The number of fused-ring (bicyclic) bond motifs is 2. The van der Waals surface area contributed by atoms with E-state index in [2.05, 4.69) is 46.2 Å². The van der Waals surface area contributed by atoms with Gasteiger partial charge in [0.05, 0.1) is 0 Å². The SMILES string of the molecule is c1c[se]c(N2c3ccccc3Oc3ccccc32)c1. The molecule has 0 unspecified atom stereocenters. The molecule has 2 aromatic carbocycles. The molecule has 0 atom stereocenters. The molecular weight excluding hydrogens is 301 g/mol. The third-order valence-corrected chi connectivity index (χ3v) is 4.95. The van der Waals surface area contributed by atoms with E-state index in [4.69, 9.17) is 4.74 Å². The predicted molar refractivity (Wildman–Crippen MR) is 78.1 cm³/mol. The summed E-state index contributed by atoms with van der Waals surface area (Å²) in [5, 5.41) is 0. The second-order valence-electron chi connectivity index (χ2n) is 4.32. The summed E-state index contributed by atoms with van der Waals surface area (Å²) < 4.78 is 7.33. The zero-order chi connectivity index (χ0) is 12.7. The van der Waals surface area contributed by atoms with E-state index in [0.717, 1.165) is 22.9 Å². The van der Waals surface area contributed by atoms with Crippen LogP contribution in [-0.2, 0) is 0 Å². The fourth-order valence-electron chi connectivity index (χ4n) is 2.34. The quantitative estimate of drug-likeness (QED) is 0.485. The van der Waals surface area contributed by atoms with Gasteiger partial charge in [-0.05, 0) is 0 Å². The molecule has 0 saturated heterocycles. The second kappa shape index (κ2) is 4.30. The number of hydrogen-bond donors (Lipinski definition) is 0. The van der Waals surface area contributed by atoms with Crippen molar-refractivity contribution in [2.75, 3.05) is 4.90 Å². The average molecular weight is 312 g/mol. The van der Waals surface area contributed by atoms with Crippen LogP contribution in [0.15, 0.2) is 65.6 Å². The van der Waals surface area contributed by atoms with Crippen molar-refractivity contribution in [1.29, 1.82) is 0 Å². The Morgan fingerprint density at radius 1 is 0.737 bits per heavy atom. The van der Waals surface area contributed by atoms with Crippen LogP contribution in [0.2, 0.25) is 0 Å². The van der Waals surface area contributed by atoms with Crippen molar-refractivity contribution in [3.63, 3.8) is 0 Å². The van der Waals surface area contributed by atoms with Gasteiger partial charge in [0.1, 0.15) is 0 Å². The molecule has 0 N–H and O–H groups in total. The fraction of sp³-hybridized carbons (Fsp3) is 0. The molecule has 0 aliphatic carbocycles. The van der Waals surface area contributed by atoms with E-state index in [9.17, 15) is 0 Å². The van der Waals surface area contributed by atoms with Crippen LogP contribution in [0.25, 0.3) is 0 Å². The molecule has 3 aromatic rings. The summed E-state index contributed by atoms with van der Waals surface area (Å²) in [6, 6.07) is 20.7. The summed E-state index contributed by atoms with van der Waals surface area (Å²) in [6.07, 6.45) is 0. The first kappa shape index (κ1) is 10.9. The Kier molecular flexibility index (Phi) is 2.47. The Morgan fingerprint density at radius 2 is 1.37 bits per heavy atom. The molecule has 1 aliphatic heterocycles. The minimum absolute atomic E-state index is 0.386. The van der Waals surface area contributed by atoms with Gasteiger partial charge < -0.3 is 0 Å². The molecule has 4 rings (SSSR count). The Bertz CT molecular complexity index is 676. The van der Waals surface area contributed by atoms with Crippen LogP contribution in [0.1, 0.15) is 0 Å². The topological polar surface area (TPSA) is 12.5 Å². The Balaban J connectivity index is 1.98. The van der Waals surface area contributed by atoms with E-state index in [1.165, 1.54) is 4.56 Å². The molecule has 0 saturated carbocycles. The summed E-state index contributed by atoms with van der Waals surface area (Å²) in [5.74, 6) is 1.84. The van der Waals surface area contributed by atoms with Crippen LogP contribution in [0.5, 0.6) is 11.5 Å². The molecule has 2 heterocycles. The molecule has 2 nitrogen and oxygen atoms in total. The van der Waals surface area contributed by atoms with Crippen LogP contribution in [-0.4, -0.2) is 14.5 Å². The van der Waals surface area contributed by atoms with Crippen molar-refractivity contribution in [2.24, 2.45) is 0 Å². The maximum atomic E-state index is 5.98. The summed E-state index contributed by atoms with van der Waals surface area (Å²) in [7, 11) is 0. The number of ether oxygens (including phenoxy) is 1. The van der Waals surface area contributed by atoms with Gasteiger partial charge in [-0.3, -0.25) is 0 Å². The molecule has 0 bridgehead atoms. The zero-order valence-corrected chi connectivity index (χ0v) is 11.8. The monoisotopic (exact) mass is 313 g/mol. The van der Waals surface area contributed by atoms with Gasteiger partial charge >= 0.3 is 117 Å². The number of para-hydroxylation sites is 4. The minimum atomic E-state index is 0.386. The standard InChI is InChI=1S/C16H11NOSe/c1-3-8-14-12(6-1)17(16-10-5-11-19-16)13-7-2-4-9-15(13)18-14/h1-11H. The molecule has 0 fully saturated rings. The molecule has 19 heavy (non-hydrogen) atoms. The summed E-state index contributed by atoms with van der Waals surface area (Å²) in [5.41, 5.74) is 2.25. The van der Waals surface area contributed by atoms with Gasteiger partial charge in [0.15, 0.2) is 0 Å². The Morgan fingerprint density at radius 3 is 1.95 bits per heavy atom. The van der Waals surface area contributed by atoms with Gasteiger partial charge in [-0.15, -0.1) is 0 Å². The van der Waals surface area contributed by atoms with Crippen LogP contribution < -0.4 is 9.64 Å². The predicted octanol–water partition coefficient (Wildman–Crippen LogP) is 4.32. The van der Waals surface area contributed by atoms with E-state index < -0.39 is 0 Å². The third kappa shape index (κ3) is 1.71. The van der Waals surface area contributed by atoms with Crippen LogP contribution in [0.4, 0.5) is 15.9 Å². The van der Waals surface area contributed by atoms with Crippen molar-refractivity contribution < 1.29 is 4.74 Å². The molecular formula is C16H11NOSe. The molecule has 1 aliphatic rings. The van der Waals surface area contributed by atoms with Gasteiger partial charge in [-0.2, -0.15) is 0 Å². The second-order valence-corrected chi connectivity index (χ2v) is 6.27. The van der Waals surface area contributed by atoms with Gasteiger partial charge in [0.25, 0.3) is 0 Å². The molecule has 1 aromatic heterocycles. The Labute approximate surface area is 117 Å². The normalized spacial score (nSPS) is 12.5. The zero-order valence-electron chi connectivity index (χ0n) is 10.1. The molecule has 92 valence electrons. The van der Waals surface area contributed by atoms with E-state index in [0.29, 0.717) is 14.5 Å². The van der Waals surface area contributed by atoms with Gasteiger partial charge in [0, 0.05) is 0 Å². The van der Waals surface area contributed by atoms with Crippen molar-refractivity contribution in [1.82, 2.24) is 0 Å². The number of benzene rings is 2. The number of anilines is 3. The summed E-state index contributed by atoms with van der Waals surface area (Å²) in [6.45, 7) is 0. The first-order valence-electron chi connectivity index (χ1n) is 6.13. The van der Waals surface area contributed by atoms with Crippen molar-refractivity contribution in [3.8, 4) is 11.5 Å². The molecule has 0 amide bonds. The average Bonchev–Trinajstić information content (AvgIpc) is 2.98. The van der Waals surface area contributed by atoms with Crippen LogP contribution in [0.3, 0.4) is 0 Å². The van der Waals surface area contributed by atoms with Gasteiger partial charge in [0.2, 0.25) is 0 Å². The van der Waals surface area contributed by atoms with Gasteiger partial charge in [-0.25, -0.2) is 0 Å². The third-order valence-electron chi connectivity index (χ3n) is 3.16. The van der Waals surface area contributed by atoms with E-state index in [-0.39, 0.29) is 0 Å². The first-order valence-corrected chi connectivity index (χ1v) is 7.97. The summed E-state index contributed by atoms with van der Waals surface area (Å²) >= 11 is 0.386. The van der Waals surface area contributed by atoms with Crippen LogP contribution >= 0.6 is 0 Å². The molecule has 0 radical (unpaired) electrons. The first-order chi connectivity index (χ1) is 9.43. The summed E-state index contributed by atoms with van der Waals surface area (Å²) in [4.78, 5) is 4.55. The van der Waals surface area contributed by atoms with E-state index in [1.807, 2.05) is 24.3 Å². The fourth-order valence-corrected chi connectivity index (χ4v) is 3.92. The van der Waals surface area contributed by atoms with Gasteiger partial charge in [-0.1, -0.05) is 0 Å². The number of rotatable bonds is 1. The van der Waals surface area contributed by atoms with Crippen LogP contribution in [0, 0.1) is 0 Å². The van der Waals surface area contributed by atoms with Crippen molar-refractivity contribution in [2.45, 2.75) is 0 Å². The van der Waals surface area contributed by atoms with E-state index in [1.54, 1.807) is 0 Å². The number of nitrogens with zero attached hydrogens (tertiary/aromatic N) is 1. The number of hydrogen-bond acceptors (Lipinski definition) is 2. The van der Waals surface area contributed by atoms with E-state index >= 15 is 0 Å². The molecule has 3 heteroatoms. The Hall–Kier alpha value is -1.96. The molecule has 0 spiro atoms. The maximum absolute atomic E-state index is 5.98. The van der Waals surface area contributed by atoms with Crippen molar-refractivity contribution in [3.05, 3.63) is 65.6 Å². The van der Waals surface area contributed by atoms with Crippen molar-refractivity contribution >= 4 is 30.4 Å².